The Hall–Kier alpha value is -5.07. The number of aliphatic carboxylic acids is 1. The van der Waals surface area contributed by atoms with Crippen LogP contribution in [0, 0.1) is 23.3 Å². The molecule has 3 N–H and O–H groups in total. The number of rotatable bonds is 11. The lowest BCUT2D eigenvalue weighted by atomic mass is 9.97. The van der Waals surface area contributed by atoms with Crippen molar-refractivity contribution in [1.29, 1.82) is 0 Å². The maximum Gasteiger partial charge on any atom is 0.331 e. The predicted octanol–water partition coefficient (Wildman–Crippen LogP) is 5.88. The van der Waals surface area contributed by atoms with Gasteiger partial charge in [0.2, 0.25) is 17.5 Å². The van der Waals surface area contributed by atoms with Crippen LogP contribution in [0.2, 0.25) is 0 Å². The van der Waals surface area contributed by atoms with E-state index >= 15 is 0 Å². The Labute approximate surface area is 268 Å². The first-order chi connectivity index (χ1) is 22.6. The number of carbonyl (C=O) groups is 2. The van der Waals surface area contributed by atoms with E-state index < -0.39 is 58.7 Å². The van der Waals surface area contributed by atoms with Gasteiger partial charge in [0.15, 0.2) is 23.4 Å². The summed E-state index contributed by atoms with van der Waals surface area (Å²) < 4.78 is 63.4. The molecule has 1 saturated heterocycles. The van der Waals surface area contributed by atoms with Crippen LogP contribution >= 0.6 is 0 Å². The second-order valence-electron chi connectivity index (χ2n) is 10.9. The lowest BCUT2D eigenvalue weighted by Crippen LogP contribution is -2.39. The van der Waals surface area contributed by atoms with E-state index in [4.69, 9.17) is 0 Å². The van der Waals surface area contributed by atoms with E-state index in [0.717, 1.165) is 19.1 Å². The molecule has 47 heavy (non-hydrogen) atoms. The standard InChI is InChI=1S/C35H31F4N3O5/c1-47-33-28(38)26(36)25(27(37)29(33)39)32(43)31(35(45)46)41-30(21-13-6-3-7-14-21)22-15-8-9-16-23(22)40-34(44)24-17-10-18-42(24)19-20-11-4-2-5-12-20/h2-9,11-16,24,31-32,43H,10,17-19H2,1H3,(H,40,44)(H,45,46)/t24-,31+,32-/m0/s1. The summed E-state index contributed by atoms with van der Waals surface area (Å²) in [5.41, 5.74) is 0.220. The number of carbonyl (C=O) groups excluding carboxylic acids is 1. The quantitative estimate of drug-likeness (QED) is 0.106. The number of nitrogens with zero attached hydrogens (tertiary/aromatic N) is 2. The molecule has 1 heterocycles. The minimum absolute atomic E-state index is 0.0733. The van der Waals surface area contributed by atoms with Crippen LogP contribution in [0.3, 0.4) is 0 Å². The second-order valence-corrected chi connectivity index (χ2v) is 10.9. The van der Waals surface area contributed by atoms with Crippen LogP contribution in [0.4, 0.5) is 23.2 Å². The minimum atomic E-state index is -2.67. The van der Waals surface area contributed by atoms with Gasteiger partial charge in [0.25, 0.3) is 0 Å². The van der Waals surface area contributed by atoms with Crippen molar-refractivity contribution in [3.05, 3.63) is 130 Å². The summed E-state index contributed by atoms with van der Waals surface area (Å²) in [5.74, 6) is -11.5. The van der Waals surface area contributed by atoms with E-state index in [0.29, 0.717) is 25.1 Å². The van der Waals surface area contributed by atoms with Gasteiger partial charge in [0, 0.05) is 17.7 Å². The fourth-order valence-electron chi connectivity index (χ4n) is 5.67. The number of carboxylic acid groups (broad SMARTS) is 1. The molecule has 0 unspecified atom stereocenters. The molecule has 244 valence electrons. The molecule has 4 aromatic carbocycles. The number of carboxylic acids is 1. The number of likely N-dealkylation sites (tertiary alicyclic amines) is 1. The second kappa shape index (κ2) is 14.6. The molecule has 0 bridgehead atoms. The maximum absolute atomic E-state index is 15.0. The van der Waals surface area contributed by atoms with Gasteiger partial charge in [-0.1, -0.05) is 78.9 Å². The third kappa shape index (κ3) is 7.03. The van der Waals surface area contributed by atoms with Gasteiger partial charge in [-0.2, -0.15) is 8.78 Å². The van der Waals surface area contributed by atoms with Crippen molar-refractivity contribution < 1.29 is 42.1 Å². The zero-order chi connectivity index (χ0) is 33.7. The van der Waals surface area contributed by atoms with Crippen LogP contribution in [0.25, 0.3) is 0 Å². The summed E-state index contributed by atoms with van der Waals surface area (Å²) in [5, 5.41) is 24.0. The van der Waals surface area contributed by atoms with Gasteiger partial charge in [0.05, 0.1) is 30.1 Å². The van der Waals surface area contributed by atoms with Crippen LogP contribution in [0.5, 0.6) is 5.75 Å². The van der Waals surface area contributed by atoms with Gasteiger partial charge in [-0.3, -0.25) is 14.7 Å². The van der Waals surface area contributed by atoms with Crippen molar-refractivity contribution in [3.8, 4) is 5.75 Å². The Kier molecular flexibility index (Phi) is 10.3. The number of aliphatic hydroxyl groups is 1. The molecule has 3 atom stereocenters. The number of anilines is 1. The summed E-state index contributed by atoms with van der Waals surface area (Å²) in [4.78, 5) is 32.4. The number of para-hydroxylation sites is 1. The molecule has 0 spiro atoms. The monoisotopic (exact) mass is 649 g/mol. The van der Waals surface area contributed by atoms with Crippen molar-refractivity contribution >= 4 is 23.3 Å². The molecule has 1 amide bonds. The summed E-state index contributed by atoms with van der Waals surface area (Å²) in [6.45, 7) is 1.28. The van der Waals surface area contributed by atoms with Crippen LogP contribution in [0.15, 0.2) is 89.9 Å². The first-order valence-corrected chi connectivity index (χ1v) is 14.7. The van der Waals surface area contributed by atoms with Crippen LogP contribution in [-0.4, -0.2) is 58.4 Å². The fraction of sp³-hybridized carbons (Fsp3) is 0.229. The molecular weight excluding hydrogens is 618 g/mol. The highest BCUT2D eigenvalue weighted by Crippen LogP contribution is 2.35. The van der Waals surface area contributed by atoms with Crippen molar-refractivity contribution in [2.24, 2.45) is 4.99 Å². The number of halogens is 4. The molecule has 1 fully saturated rings. The smallest absolute Gasteiger partial charge is 0.331 e. The molecule has 1 aliphatic rings. The largest absolute Gasteiger partial charge is 0.491 e. The van der Waals surface area contributed by atoms with Gasteiger partial charge < -0.3 is 20.3 Å². The summed E-state index contributed by atoms with van der Waals surface area (Å²) in [6, 6.07) is 21.4. The first-order valence-electron chi connectivity index (χ1n) is 14.7. The Bertz CT molecular complexity index is 1760. The molecule has 1 aliphatic heterocycles. The Balaban J connectivity index is 1.54. The SMILES string of the molecule is COc1c(F)c(F)c([C@H](O)[C@@H](N=C(c2ccccc2)c2ccccc2NC(=O)[C@@H]2CCCN2Cc2ccccc2)C(=O)O)c(F)c1F. The number of amides is 1. The molecule has 0 aliphatic carbocycles. The highest BCUT2D eigenvalue weighted by atomic mass is 19.2. The van der Waals surface area contributed by atoms with Gasteiger partial charge >= 0.3 is 5.97 Å². The van der Waals surface area contributed by atoms with E-state index in [-0.39, 0.29) is 22.9 Å². The minimum Gasteiger partial charge on any atom is -0.491 e. The molecular formula is C35H31F4N3O5. The Morgan fingerprint density at radius 2 is 1.51 bits per heavy atom. The highest BCUT2D eigenvalue weighted by Gasteiger charge is 2.38. The van der Waals surface area contributed by atoms with E-state index in [1.807, 2.05) is 30.3 Å². The van der Waals surface area contributed by atoms with Crippen molar-refractivity contribution in [1.82, 2.24) is 4.90 Å². The number of methoxy groups -OCH3 is 1. The van der Waals surface area contributed by atoms with E-state index in [2.05, 4.69) is 19.9 Å². The molecule has 0 saturated carbocycles. The van der Waals surface area contributed by atoms with E-state index in [1.54, 1.807) is 54.6 Å². The molecule has 8 nitrogen and oxygen atoms in total. The van der Waals surface area contributed by atoms with Crippen molar-refractivity contribution in [3.63, 3.8) is 0 Å². The number of aliphatic hydroxyl groups excluding tert-OH is 1. The normalized spacial score (nSPS) is 16.5. The number of hydrogen-bond acceptors (Lipinski definition) is 6. The Morgan fingerprint density at radius 3 is 2.13 bits per heavy atom. The van der Waals surface area contributed by atoms with Crippen LogP contribution in [-0.2, 0) is 16.1 Å². The van der Waals surface area contributed by atoms with Crippen LogP contribution < -0.4 is 10.1 Å². The molecule has 4 aromatic rings. The zero-order valence-corrected chi connectivity index (χ0v) is 25.2. The lowest BCUT2D eigenvalue weighted by Gasteiger charge is -2.25. The number of hydrogen-bond donors (Lipinski definition) is 3. The lowest BCUT2D eigenvalue weighted by molar-refractivity contribution is -0.141. The highest BCUT2D eigenvalue weighted by molar-refractivity contribution is 6.17. The zero-order valence-electron chi connectivity index (χ0n) is 25.2. The summed E-state index contributed by atoms with van der Waals surface area (Å²) in [6.07, 6.45) is -1.26. The van der Waals surface area contributed by atoms with Gasteiger partial charge in [-0.05, 0) is 31.0 Å². The maximum atomic E-state index is 15.0. The number of ether oxygens (including phenoxy) is 1. The summed E-state index contributed by atoms with van der Waals surface area (Å²) in [7, 11) is 0.788. The third-order valence-corrected chi connectivity index (χ3v) is 7.96. The average molecular weight is 650 g/mol. The van der Waals surface area contributed by atoms with Crippen LogP contribution in [0.1, 0.15) is 41.2 Å². The predicted molar refractivity (Wildman–Crippen MR) is 166 cm³/mol. The first kappa shape index (κ1) is 33.3. The topological polar surface area (TPSA) is 111 Å². The molecule has 0 radical (unpaired) electrons. The fourth-order valence-corrected chi connectivity index (χ4v) is 5.67. The van der Waals surface area contributed by atoms with Gasteiger partial charge in [0.1, 0.15) is 6.10 Å². The average Bonchev–Trinajstić information content (AvgIpc) is 3.54. The number of benzene rings is 4. The molecule has 0 aromatic heterocycles. The van der Waals surface area contributed by atoms with Crippen molar-refractivity contribution in [2.45, 2.75) is 37.6 Å². The third-order valence-electron chi connectivity index (χ3n) is 7.96. The number of aliphatic imine (C=N–C) groups is 1. The molecule has 5 rings (SSSR count). The van der Waals surface area contributed by atoms with Gasteiger partial charge in [-0.25, -0.2) is 13.6 Å². The van der Waals surface area contributed by atoms with E-state index in [1.165, 1.54) is 0 Å². The Morgan fingerprint density at radius 1 is 0.915 bits per heavy atom. The summed E-state index contributed by atoms with van der Waals surface area (Å²) >= 11 is 0. The van der Waals surface area contributed by atoms with Gasteiger partial charge in [-0.15, -0.1) is 0 Å². The molecule has 12 heteroatoms. The number of nitrogens with one attached hydrogen (secondary N) is 1. The van der Waals surface area contributed by atoms with E-state index in [9.17, 15) is 37.4 Å². The van der Waals surface area contributed by atoms with Crippen molar-refractivity contribution in [2.75, 3.05) is 19.0 Å².